The van der Waals surface area contributed by atoms with Crippen LogP contribution in [-0.2, 0) is 18.6 Å². The maximum Gasteiger partial charge on any atom is 0.268 e. The molecule has 4 heteroatoms. The van der Waals surface area contributed by atoms with E-state index in [0.29, 0.717) is 12.5 Å². The normalized spacial score (nSPS) is 15.4. The lowest BCUT2D eigenvalue weighted by Gasteiger charge is -2.14. The van der Waals surface area contributed by atoms with Gasteiger partial charge in [-0.3, -0.25) is 4.79 Å². The van der Waals surface area contributed by atoms with Crippen molar-refractivity contribution in [3.8, 4) is 0 Å². The molecule has 3 rings (SSSR count). The number of aryl methyl sites for hydroxylation is 1. The number of hydrogen-bond donors (Lipinski definition) is 2. The second kappa shape index (κ2) is 6.68. The van der Waals surface area contributed by atoms with Gasteiger partial charge in [0.25, 0.3) is 5.91 Å². The van der Waals surface area contributed by atoms with Crippen LogP contribution in [0.5, 0.6) is 0 Å². The Bertz CT molecular complexity index is 767. The second-order valence-electron chi connectivity index (χ2n) is 7.53. The van der Waals surface area contributed by atoms with Gasteiger partial charge in [-0.1, -0.05) is 38.1 Å². The van der Waals surface area contributed by atoms with Crippen molar-refractivity contribution < 1.29 is 4.79 Å². The molecule has 1 aromatic heterocycles. The molecule has 0 unspecified atom stereocenters. The number of aromatic nitrogens is 1. The molecule has 1 aliphatic rings. The Morgan fingerprint density at radius 2 is 1.92 bits per heavy atom. The standard InChI is InChI=1S/C21H29N3O/c1-5-24-18(12-15(4)19(24)14(2)3)20(25)23-13-16-6-8-17(9-7-16)21(22)10-11-21/h6-9,12,14H,5,10-11,13,22H2,1-4H3,(H,23,25). The van der Waals surface area contributed by atoms with E-state index in [1.165, 1.54) is 16.8 Å². The summed E-state index contributed by atoms with van der Waals surface area (Å²) >= 11 is 0. The van der Waals surface area contributed by atoms with Crippen molar-refractivity contribution in [2.24, 2.45) is 5.73 Å². The summed E-state index contributed by atoms with van der Waals surface area (Å²) in [4.78, 5) is 12.7. The zero-order valence-corrected chi connectivity index (χ0v) is 15.7. The molecule has 1 aromatic carbocycles. The van der Waals surface area contributed by atoms with Crippen molar-refractivity contribution >= 4 is 5.91 Å². The molecule has 1 aliphatic carbocycles. The molecule has 0 bridgehead atoms. The topological polar surface area (TPSA) is 60.0 Å². The summed E-state index contributed by atoms with van der Waals surface area (Å²) in [5, 5.41) is 3.05. The lowest BCUT2D eigenvalue weighted by molar-refractivity contribution is 0.0941. The minimum Gasteiger partial charge on any atom is -0.347 e. The van der Waals surface area contributed by atoms with Gasteiger partial charge in [0.1, 0.15) is 5.69 Å². The third-order valence-corrected chi connectivity index (χ3v) is 5.21. The molecule has 3 N–H and O–H groups in total. The molecule has 0 radical (unpaired) electrons. The highest BCUT2D eigenvalue weighted by Gasteiger charge is 2.39. The molecule has 0 aliphatic heterocycles. The largest absolute Gasteiger partial charge is 0.347 e. The van der Waals surface area contributed by atoms with Crippen molar-refractivity contribution in [3.05, 3.63) is 58.4 Å². The highest BCUT2D eigenvalue weighted by Crippen LogP contribution is 2.42. The van der Waals surface area contributed by atoms with Gasteiger partial charge >= 0.3 is 0 Å². The van der Waals surface area contributed by atoms with Crippen molar-refractivity contribution in [1.29, 1.82) is 0 Å². The summed E-state index contributed by atoms with van der Waals surface area (Å²) in [6, 6.07) is 10.3. The molecule has 1 amide bonds. The van der Waals surface area contributed by atoms with Crippen LogP contribution in [0.2, 0.25) is 0 Å². The van der Waals surface area contributed by atoms with E-state index in [1.54, 1.807) is 0 Å². The fourth-order valence-corrected chi connectivity index (χ4v) is 3.65. The lowest BCUT2D eigenvalue weighted by Crippen LogP contribution is -2.26. The van der Waals surface area contributed by atoms with Gasteiger partial charge in [0.15, 0.2) is 0 Å². The molecule has 25 heavy (non-hydrogen) atoms. The summed E-state index contributed by atoms with van der Waals surface area (Å²) in [5.74, 6) is 0.387. The van der Waals surface area contributed by atoms with Gasteiger partial charge in [-0.15, -0.1) is 0 Å². The Balaban J connectivity index is 1.69. The first kappa shape index (κ1) is 17.7. The zero-order chi connectivity index (χ0) is 18.2. The van der Waals surface area contributed by atoms with Crippen molar-refractivity contribution in [1.82, 2.24) is 9.88 Å². The smallest absolute Gasteiger partial charge is 0.268 e. The van der Waals surface area contributed by atoms with Crippen LogP contribution in [0.25, 0.3) is 0 Å². The number of carbonyl (C=O) groups excluding carboxylic acids is 1. The highest BCUT2D eigenvalue weighted by atomic mass is 16.1. The van der Waals surface area contributed by atoms with Gasteiger partial charge in [-0.2, -0.15) is 0 Å². The predicted octanol–water partition coefficient (Wildman–Crippen LogP) is 3.82. The van der Waals surface area contributed by atoms with Crippen LogP contribution in [0.3, 0.4) is 0 Å². The number of nitrogens with one attached hydrogen (secondary N) is 1. The van der Waals surface area contributed by atoms with E-state index in [9.17, 15) is 4.79 Å². The van der Waals surface area contributed by atoms with Gasteiger partial charge in [0.05, 0.1) is 0 Å². The van der Waals surface area contributed by atoms with Crippen LogP contribution in [0.1, 0.15) is 72.4 Å². The number of hydrogen-bond acceptors (Lipinski definition) is 2. The molecule has 2 aromatic rings. The van der Waals surface area contributed by atoms with Crippen molar-refractivity contribution in [2.45, 2.75) is 65.1 Å². The maximum atomic E-state index is 12.7. The van der Waals surface area contributed by atoms with E-state index in [4.69, 9.17) is 5.73 Å². The number of carbonyl (C=O) groups is 1. The number of nitrogens with zero attached hydrogens (tertiary/aromatic N) is 1. The molecule has 1 saturated carbocycles. The van der Waals surface area contributed by atoms with E-state index in [-0.39, 0.29) is 11.4 Å². The van der Waals surface area contributed by atoms with Gasteiger partial charge < -0.3 is 15.6 Å². The van der Waals surface area contributed by atoms with Crippen LogP contribution in [-0.4, -0.2) is 10.5 Å². The van der Waals surface area contributed by atoms with Crippen LogP contribution in [0.4, 0.5) is 0 Å². The van der Waals surface area contributed by atoms with Crippen LogP contribution in [0.15, 0.2) is 30.3 Å². The monoisotopic (exact) mass is 339 g/mol. The molecule has 0 spiro atoms. The molecular formula is C21H29N3O. The first-order valence-corrected chi connectivity index (χ1v) is 9.22. The summed E-state index contributed by atoms with van der Waals surface area (Å²) in [6.07, 6.45) is 2.13. The average Bonchev–Trinajstić information content (AvgIpc) is 3.24. The third-order valence-electron chi connectivity index (χ3n) is 5.21. The molecule has 1 heterocycles. The van der Waals surface area contributed by atoms with E-state index in [2.05, 4.69) is 61.8 Å². The zero-order valence-electron chi connectivity index (χ0n) is 15.7. The molecular weight excluding hydrogens is 310 g/mol. The Kier molecular flexibility index (Phi) is 4.74. The van der Waals surface area contributed by atoms with Crippen molar-refractivity contribution in [3.63, 3.8) is 0 Å². The van der Waals surface area contributed by atoms with E-state index in [0.717, 1.165) is 30.6 Å². The minimum atomic E-state index is -0.103. The predicted molar refractivity (Wildman–Crippen MR) is 102 cm³/mol. The Morgan fingerprint density at radius 3 is 2.44 bits per heavy atom. The fourth-order valence-electron chi connectivity index (χ4n) is 3.65. The molecule has 4 nitrogen and oxygen atoms in total. The summed E-state index contributed by atoms with van der Waals surface area (Å²) in [7, 11) is 0. The summed E-state index contributed by atoms with van der Waals surface area (Å²) in [6.45, 7) is 9.83. The summed E-state index contributed by atoms with van der Waals surface area (Å²) in [5.41, 5.74) is 11.6. The highest BCUT2D eigenvalue weighted by molar-refractivity contribution is 5.93. The number of rotatable bonds is 6. The van der Waals surface area contributed by atoms with E-state index >= 15 is 0 Å². The third kappa shape index (κ3) is 3.49. The average molecular weight is 339 g/mol. The van der Waals surface area contributed by atoms with Crippen LogP contribution < -0.4 is 11.1 Å². The second-order valence-corrected chi connectivity index (χ2v) is 7.53. The Hall–Kier alpha value is -2.07. The first-order chi connectivity index (χ1) is 11.9. The quantitative estimate of drug-likeness (QED) is 0.840. The van der Waals surface area contributed by atoms with Crippen molar-refractivity contribution in [2.75, 3.05) is 0 Å². The maximum absolute atomic E-state index is 12.7. The summed E-state index contributed by atoms with van der Waals surface area (Å²) < 4.78 is 2.13. The number of amides is 1. The molecule has 1 fully saturated rings. The molecule has 134 valence electrons. The minimum absolute atomic E-state index is 0.0154. The SMILES string of the molecule is CCn1c(C(=O)NCc2ccc(C3(N)CC3)cc2)cc(C)c1C(C)C. The van der Waals surface area contributed by atoms with Gasteiger partial charge in [0.2, 0.25) is 0 Å². The Morgan fingerprint density at radius 1 is 1.28 bits per heavy atom. The number of nitrogens with two attached hydrogens (primary N) is 1. The first-order valence-electron chi connectivity index (χ1n) is 9.22. The van der Waals surface area contributed by atoms with Gasteiger partial charge in [-0.05, 0) is 55.4 Å². The number of benzene rings is 1. The van der Waals surface area contributed by atoms with Gasteiger partial charge in [-0.25, -0.2) is 0 Å². The van der Waals surface area contributed by atoms with Crippen LogP contribution in [0, 0.1) is 6.92 Å². The van der Waals surface area contributed by atoms with Crippen LogP contribution >= 0.6 is 0 Å². The lowest BCUT2D eigenvalue weighted by atomic mass is 10.0. The van der Waals surface area contributed by atoms with E-state index in [1.807, 2.05) is 6.07 Å². The van der Waals surface area contributed by atoms with E-state index < -0.39 is 0 Å². The molecule has 0 atom stereocenters. The fraction of sp³-hybridized carbons (Fsp3) is 0.476. The Labute approximate surface area is 150 Å². The van der Waals surface area contributed by atoms with Gasteiger partial charge in [0, 0.05) is 24.3 Å². The molecule has 0 saturated heterocycles.